The molecule has 0 heterocycles. The van der Waals surface area contributed by atoms with Crippen LogP contribution in [-0.4, -0.2) is 5.11 Å². The Morgan fingerprint density at radius 1 is 0.952 bits per heavy atom. The monoisotopic (exact) mass is 298 g/mol. The molecule has 0 aliphatic heterocycles. The van der Waals surface area contributed by atoms with Crippen molar-refractivity contribution in [1.82, 2.24) is 0 Å². The highest BCUT2D eigenvalue weighted by atomic mass is 32.1. The smallest absolute Gasteiger partial charge is 0.175 e. The molecule has 0 spiro atoms. The first-order valence-electron chi connectivity index (χ1n) is 7.21. The van der Waals surface area contributed by atoms with Gasteiger partial charge in [-0.2, -0.15) is 0 Å². The molecule has 0 unspecified atom stereocenters. The number of nitrogens with one attached hydrogen (secondary N) is 2. The van der Waals surface area contributed by atoms with Gasteiger partial charge in [0.2, 0.25) is 0 Å². The van der Waals surface area contributed by atoms with E-state index in [2.05, 4.69) is 74.7 Å². The van der Waals surface area contributed by atoms with Gasteiger partial charge in [0.05, 0.1) is 0 Å². The minimum atomic E-state index is 0.456. The number of anilines is 2. The summed E-state index contributed by atoms with van der Waals surface area (Å²) < 4.78 is 0. The molecule has 0 radical (unpaired) electrons. The summed E-state index contributed by atoms with van der Waals surface area (Å²) >= 11 is 5.44. The largest absolute Gasteiger partial charge is 0.332 e. The van der Waals surface area contributed by atoms with Gasteiger partial charge in [-0.1, -0.05) is 44.2 Å². The lowest BCUT2D eigenvalue weighted by molar-refractivity contribution is 0.869. The molecule has 0 aliphatic rings. The minimum absolute atomic E-state index is 0.456. The molecular weight excluding hydrogens is 276 g/mol. The van der Waals surface area contributed by atoms with Gasteiger partial charge in [0.25, 0.3) is 0 Å². The quantitative estimate of drug-likeness (QED) is 0.758. The van der Waals surface area contributed by atoms with Gasteiger partial charge in [-0.15, -0.1) is 0 Å². The molecule has 21 heavy (non-hydrogen) atoms. The highest BCUT2D eigenvalue weighted by Crippen LogP contribution is 2.24. The second-order valence-corrected chi connectivity index (χ2v) is 6.05. The van der Waals surface area contributed by atoms with E-state index in [0.29, 0.717) is 11.0 Å². The minimum Gasteiger partial charge on any atom is -0.332 e. The van der Waals surface area contributed by atoms with Crippen LogP contribution >= 0.6 is 12.2 Å². The molecule has 0 bridgehead atoms. The summed E-state index contributed by atoms with van der Waals surface area (Å²) in [6.07, 6.45) is 0. The van der Waals surface area contributed by atoms with E-state index in [9.17, 15) is 0 Å². The van der Waals surface area contributed by atoms with Gasteiger partial charge in [0.1, 0.15) is 0 Å². The third-order valence-electron chi connectivity index (χ3n) is 3.47. The molecule has 0 saturated heterocycles. The summed E-state index contributed by atoms with van der Waals surface area (Å²) in [4.78, 5) is 0. The highest BCUT2D eigenvalue weighted by molar-refractivity contribution is 7.80. The van der Waals surface area contributed by atoms with Gasteiger partial charge in [-0.05, 0) is 60.8 Å². The lowest BCUT2D eigenvalue weighted by Crippen LogP contribution is -2.20. The Hall–Kier alpha value is -1.87. The molecule has 0 fully saturated rings. The normalized spacial score (nSPS) is 10.5. The molecular formula is C18H22N2S. The lowest BCUT2D eigenvalue weighted by Gasteiger charge is -2.17. The van der Waals surface area contributed by atoms with Crippen molar-refractivity contribution >= 4 is 28.7 Å². The van der Waals surface area contributed by atoms with Gasteiger partial charge in [-0.25, -0.2) is 0 Å². The molecule has 2 aromatic rings. The number of aryl methyl sites for hydroxylation is 2. The van der Waals surface area contributed by atoms with Crippen LogP contribution in [0, 0.1) is 13.8 Å². The zero-order valence-corrected chi connectivity index (χ0v) is 13.8. The van der Waals surface area contributed by atoms with E-state index in [0.717, 1.165) is 11.4 Å². The molecule has 0 saturated carbocycles. The van der Waals surface area contributed by atoms with Crippen molar-refractivity contribution in [3.8, 4) is 0 Å². The molecule has 2 rings (SSSR count). The maximum absolute atomic E-state index is 5.44. The number of thiocarbonyl (C=S) groups is 1. The maximum atomic E-state index is 5.44. The first kappa shape index (κ1) is 15.5. The fraction of sp³-hybridized carbons (Fsp3) is 0.278. The standard InChI is InChI=1S/C18H22N2S/c1-12(2)15-7-5-6-8-16(15)19-18(21)20-17-11-13(3)9-10-14(17)4/h5-12H,1-4H3,(H2,19,20,21). The van der Waals surface area contributed by atoms with E-state index in [1.165, 1.54) is 16.7 Å². The second kappa shape index (κ2) is 6.72. The van der Waals surface area contributed by atoms with E-state index < -0.39 is 0 Å². The van der Waals surface area contributed by atoms with Crippen molar-refractivity contribution < 1.29 is 0 Å². The fourth-order valence-corrected chi connectivity index (χ4v) is 2.48. The van der Waals surface area contributed by atoms with Crippen LogP contribution < -0.4 is 10.6 Å². The molecule has 2 nitrogen and oxygen atoms in total. The van der Waals surface area contributed by atoms with E-state index in [4.69, 9.17) is 12.2 Å². The van der Waals surface area contributed by atoms with Crippen LogP contribution in [0.3, 0.4) is 0 Å². The molecule has 0 aromatic heterocycles. The average Bonchev–Trinajstić information content (AvgIpc) is 2.43. The Bertz CT molecular complexity index is 647. The van der Waals surface area contributed by atoms with Crippen molar-refractivity contribution in [2.45, 2.75) is 33.6 Å². The Morgan fingerprint density at radius 3 is 2.33 bits per heavy atom. The summed E-state index contributed by atoms with van der Waals surface area (Å²) in [5, 5.41) is 7.22. The van der Waals surface area contributed by atoms with Crippen molar-refractivity contribution in [3.05, 3.63) is 59.2 Å². The molecule has 0 atom stereocenters. The first-order chi connectivity index (χ1) is 9.97. The fourth-order valence-electron chi connectivity index (χ4n) is 2.26. The zero-order chi connectivity index (χ0) is 15.4. The maximum Gasteiger partial charge on any atom is 0.175 e. The Morgan fingerprint density at radius 2 is 1.62 bits per heavy atom. The number of benzene rings is 2. The van der Waals surface area contributed by atoms with Crippen molar-refractivity contribution in [2.75, 3.05) is 10.6 Å². The SMILES string of the molecule is Cc1ccc(C)c(NC(=S)Nc2ccccc2C(C)C)c1. The highest BCUT2D eigenvalue weighted by Gasteiger charge is 2.08. The predicted octanol–water partition coefficient (Wildman–Crippen LogP) is 5.24. The third kappa shape index (κ3) is 4.05. The van der Waals surface area contributed by atoms with Crippen LogP contribution in [0.2, 0.25) is 0 Å². The summed E-state index contributed by atoms with van der Waals surface area (Å²) in [7, 11) is 0. The first-order valence-corrected chi connectivity index (χ1v) is 7.62. The number of rotatable bonds is 3. The van der Waals surface area contributed by atoms with Crippen LogP contribution in [0.1, 0.15) is 36.5 Å². The van der Waals surface area contributed by atoms with Crippen LogP contribution in [0.15, 0.2) is 42.5 Å². The van der Waals surface area contributed by atoms with Crippen molar-refractivity contribution in [3.63, 3.8) is 0 Å². The summed E-state index contributed by atoms with van der Waals surface area (Å²) in [5.74, 6) is 0.456. The van der Waals surface area contributed by atoms with Gasteiger partial charge in [0.15, 0.2) is 5.11 Å². The molecule has 0 aliphatic carbocycles. The molecule has 2 N–H and O–H groups in total. The van der Waals surface area contributed by atoms with E-state index in [1.54, 1.807) is 0 Å². The molecule has 3 heteroatoms. The van der Waals surface area contributed by atoms with Crippen LogP contribution in [0.25, 0.3) is 0 Å². The van der Waals surface area contributed by atoms with Crippen LogP contribution in [0.4, 0.5) is 11.4 Å². The third-order valence-corrected chi connectivity index (χ3v) is 3.68. The molecule has 0 amide bonds. The lowest BCUT2D eigenvalue weighted by atomic mass is 10.0. The van der Waals surface area contributed by atoms with Gasteiger partial charge in [-0.3, -0.25) is 0 Å². The predicted molar refractivity (Wildman–Crippen MR) is 96.3 cm³/mol. The number of hydrogen-bond donors (Lipinski definition) is 2. The Balaban J connectivity index is 2.14. The summed E-state index contributed by atoms with van der Waals surface area (Å²) in [5.41, 5.74) is 5.78. The van der Waals surface area contributed by atoms with Crippen LogP contribution in [0.5, 0.6) is 0 Å². The zero-order valence-electron chi connectivity index (χ0n) is 13.0. The van der Waals surface area contributed by atoms with E-state index in [1.807, 2.05) is 6.07 Å². The summed E-state index contributed by atoms with van der Waals surface area (Å²) in [6.45, 7) is 8.52. The van der Waals surface area contributed by atoms with E-state index in [-0.39, 0.29) is 0 Å². The average molecular weight is 298 g/mol. The van der Waals surface area contributed by atoms with Gasteiger partial charge in [0, 0.05) is 11.4 Å². The van der Waals surface area contributed by atoms with Crippen molar-refractivity contribution in [1.29, 1.82) is 0 Å². The molecule has 110 valence electrons. The van der Waals surface area contributed by atoms with Gasteiger partial charge < -0.3 is 10.6 Å². The molecule has 2 aromatic carbocycles. The van der Waals surface area contributed by atoms with Crippen LogP contribution in [-0.2, 0) is 0 Å². The van der Waals surface area contributed by atoms with Gasteiger partial charge >= 0.3 is 0 Å². The van der Waals surface area contributed by atoms with Crippen molar-refractivity contribution in [2.24, 2.45) is 0 Å². The van der Waals surface area contributed by atoms with E-state index >= 15 is 0 Å². The summed E-state index contributed by atoms with van der Waals surface area (Å²) in [6, 6.07) is 14.6. The Kier molecular flexibility index (Phi) is 4.97. The number of para-hydroxylation sites is 1. The topological polar surface area (TPSA) is 24.1 Å². The Labute approximate surface area is 132 Å². The second-order valence-electron chi connectivity index (χ2n) is 5.64. The number of hydrogen-bond acceptors (Lipinski definition) is 1.